The summed E-state index contributed by atoms with van der Waals surface area (Å²) in [5, 5.41) is 12.3. The minimum atomic E-state index is -1.04. The zero-order chi connectivity index (χ0) is 31.5. The highest BCUT2D eigenvalue weighted by Crippen LogP contribution is 2.57. The Morgan fingerprint density at radius 1 is 1.16 bits per heavy atom. The van der Waals surface area contributed by atoms with E-state index in [1.165, 1.54) is 4.90 Å². The smallest absolute Gasteiger partial charge is 0.349 e. The van der Waals surface area contributed by atoms with Gasteiger partial charge in [-0.3, -0.25) is 9.36 Å². The lowest BCUT2D eigenvalue weighted by Gasteiger charge is -2.45. The zero-order valence-corrected chi connectivity index (χ0v) is 26.3. The van der Waals surface area contributed by atoms with E-state index < -0.39 is 17.8 Å². The number of aromatic nitrogens is 2. The summed E-state index contributed by atoms with van der Waals surface area (Å²) in [6.07, 6.45) is 4.65. The third-order valence-electron chi connectivity index (χ3n) is 10.3. The molecule has 2 atom stereocenters. The number of halogens is 2. The van der Waals surface area contributed by atoms with Gasteiger partial charge in [-0.1, -0.05) is 42.4 Å². The largest absolute Gasteiger partial charge is 0.359 e. The Bertz CT molecular complexity index is 1790. The number of anilines is 2. The molecule has 9 nitrogen and oxygen atoms in total. The summed E-state index contributed by atoms with van der Waals surface area (Å²) >= 11 is 6.82. The van der Waals surface area contributed by atoms with E-state index in [-0.39, 0.29) is 36.8 Å². The number of fused-ring (bicyclic) bond motifs is 3. The van der Waals surface area contributed by atoms with Crippen molar-refractivity contribution in [3.8, 4) is 6.07 Å². The molecule has 3 aromatic rings. The van der Waals surface area contributed by atoms with E-state index in [1.54, 1.807) is 0 Å². The van der Waals surface area contributed by atoms with Crippen molar-refractivity contribution in [2.45, 2.75) is 62.7 Å². The Morgan fingerprint density at radius 2 is 1.93 bits per heavy atom. The fraction of sp³-hybridized carbons (Fsp3) is 0.471. The predicted octanol–water partition coefficient (Wildman–Crippen LogP) is 4.61. The first-order valence-electron chi connectivity index (χ1n) is 15.8. The van der Waals surface area contributed by atoms with Crippen LogP contribution in [0.3, 0.4) is 0 Å². The first-order valence-corrected chi connectivity index (χ1v) is 16.2. The molecule has 11 heteroatoms. The molecule has 1 aliphatic carbocycles. The third-order valence-corrected chi connectivity index (χ3v) is 10.6. The third kappa shape index (κ3) is 4.97. The van der Waals surface area contributed by atoms with Crippen molar-refractivity contribution in [3.63, 3.8) is 0 Å². The van der Waals surface area contributed by atoms with Crippen molar-refractivity contribution >= 4 is 39.8 Å². The van der Waals surface area contributed by atoms with Crippen LogP contribution in [0.15, 0.2) is 53.6 Å². The van der Waals surface area contributed by atoms with Gasteiger partial charge in [0.1, 0.15) is 5.82 Å². The minimum Gasteiger partial charge on any atom is -0.359 e. The van der Waals surface area contributed by atoms with Crippen molar-refractivity contribution in [3.05, 3.63) is 75.6 Å². The molecule has 2 aromatic carbocycles. The normalized spacial score (nSPS) is 22.5. The van der Waals surface area contributed by atoms with Crippen molar-refractivity contribution in [1.82, 2.24) is 19.4 Å². The van der Waals surface area contributed by atoms with Gasteiger partial charge in [0.15, 0.2) is 5.83 Å². The van der Waals surface area contributed by atoms with Gasteiger partial charge in [-0.15, -0.1) is 0 Å². The van der Waals surface area contributed by atoms with E-state index in [4.69, 9.17) is 16.6 Å². The van der Waals surface area contributed by atoms with Gasteiger partial charge in [0.25, 0.3) is 5.91 Å². The highest BCUT2D eigenvalue weighted by molar-refractivity contribution is 6.36. The highest BCUT2D eigenvalue weighted by atomic mass is 35.5. The van der Waals surface area contributed by atoms with Crippen LogP contribution in [0.4, 0.5) is 15.9 Å². The molecule has 0 bridgehead atoms. The van der Waals surface area contributed by atoms with Gasteiger partial charge in [-0.25, -0.2) is 9.18 Å². The molecule has 0 radical (unpaired) electrons. The van der Waals surface area contributed by atoms with E-state index in [9.17, 15) is 19.2 Å². The topological polar surface area (TPSA) is 88.7 Å². The van der Waals surface area contributed by atoms with Crippen LogP contribution in [0.1, 0.15) is 43.4 Å². The summed E-state index contributed by atoms with van der Waals surface area (Å²) in [6.45, 7) is 6.38. The number of likely N-dealkylation sites (tertiary alicyclic amines) is 1. The summed E-state index contributed by atoms with van der Waals surface area (Å²) in [6, 6.07) is 14.1. The van der Waals surface area contributed by atoms with Crippen LogP contribution in [0, 0.1) is 11.3 Å². The first-order chi connectivity index (χ1) is 21.7. The summed E-state index contributed by atoms with van der Waals surface area (Å²) < 4.78 is 15.8. The van der Waals surface area contributed by atoms with Gasteiger partial charge in [-0.05, 0) is 63.2 Å². The van der Waals surface area contributed by atoms with Crippen LogP contribution in [-0.2, 0) is 23.3 Å². The lowest BCUT2D eigenvalue weighted by atomic mass is 9.92. The number of carbonyl (C=O) groups is 1. The molecule has 0 unspecified atom stereocenters. The van der Waals surface area contributed by atoms with Crippen molar-refractivity contribution in [2.75, 3.05) is 49.6 Å². The van der Waals surface area contributed by atoms with Gasteiger partial charge >= 0.3 is 5.69 Å². The molecule has 1 aromatic heterocycles. The number of piperazine rings is 1. The Balaban J connectivity index is 1.35. The number of nitriles is 1. The average molecular weight is 630 g/mol. The monoisotopic (exact) mass is 629 g/mol. The maximum atomic E-state index is 14.1. The number of hydrogen-bond acceptors (Lipinski definition) is 7. The lowest BCUT2D eigenvalue weighted by Crippen LogP contribution is -2.56. The maximum Gasteiger partial charge on any atom is 0.349 e. The lowest BCUT2D eigenvalue weighted by molar-refractivity contribution is -0.131. The van der Waals surface area contributed by atoms with Gasteiger partial charge < -0.3 is 19.6 Å². The molecule has 3 aliphatic heterocycles. The Kier molecular flexibility index (Phi) is 7.57. The van der Waals surface area contributed by atoms with Gasteiger partial charge in [0, 0.05) is 55.4 Å². The molecule has 3 fully saturated rings. The van der Waals surface area contributed by atoms with Crippen LogP contribution in [0.25, 0.3) is 10.8 Å². The van der Waals surface area contributed by atoms with Crippen molar-refractivity contribution in [1.29, 1.82) is 5.26 Å². The molecule has 7 rings (SSSR count). The second kappa shape index (κ2) is 11.5. The Labute approximate surface area is 267 Å². The van der Waals surface area contributed by atoms with E-state index in [2.05, 4.69) is 53.8 Å². The summed E-state index contributed by atoms with van der Waals surface area (Å²) in [5.41, 5.74) is 2.51. The SMILES string of the molecule is C=C(F)C(=O)N1CCN(c2nc(=O)n(C[C@@H]3CCCN3C)c3c2CCN(c2cccc4cccc(Cl)c24)C32CC2)C[C@@H]1CC#N. The van der Waals surface area contributed by atoms with E-state index in [0.717, 1.165) is 66.5 Å². The maximum absolute atomic E-state index is 14.1. The summed E-state index contributed by atoms with van der Waals surface area (Å²) in [5.74, 6) is -1.20. The van der Waals surface area contributed by atoms with E-state index >= 15 is 0 Å². The number of hydrogen-bond donors (Lipinski definition) is 0. The molecule has 234 valence electrons. The molecule has 2 saturated heterocycles. The van der Waals surface area contributed by atoms with Gasteiger partial charge in [0.2, 0.25) is 0 Å². The van der Waals surface area contributed by atoms with Crippen molar-refractivity contribution in [2.24, 2.45) is 0 Å². The number of benzene rings is 2. The first kappa shape index (κ1) is 29.8. The minimum absolute atomic E-state index is 0.0440. The second-order valence-corrected chi connectivity index (χ2v) is 13.3. The highest BCUT2D eigenvalue weighted by Gasteiger charge is 2.56. The van der Waals surface area contributed by atoms with Gasteiger partial charge in [-0.2, -0.15) is 10.2 Å². The number of likely N-dealkylation sites (N-methyl/N-ethyl adjacent to an activating group) is 1. The van der Waals surface area contributed by atoms with Crippen LogP contribution in [-0.4, -0.2) is 77.1 Å². The average Bonchev–Trinajstić information content (AvgIpc) is 3.70. The standard InChI is InChI=1S/C34H37ClFN7O2/c1-22(36)32(44)41-19-18-40(20-25(41)11-15-37)31-26-12-17-43(28-10-4-7-23-6-3-9-27(35)29(23)28)34(13-14-34)30(26)42(33(45)38-31)21-24-8-5-16-39(24)2/h3-4,6-7,9-10,24-25H,1,5,8,11-14,16-21H2,2H3/t24-,25-/m0/s1. The molecule has 0 N–H and O–H groups in total. The summed E-state index contributed by atoms with van der Waals surface area (Å²) in [7, 11) is 2.12. The zero-order valence-electron chi connectivity index (χ0n) is 25.5. The number of rotatable bonds is 6. The molecule has 4 heterocycles. The van der Waals surface area contributed by atoms with Crippen molar-refractivity contribution < 1.29 is 9.18 Å². The molecule has 45 heavy (non-hydrogen) atoms. The fourth-order valence-corrected chi connectivity index (χ4v) is 8.27. The second-order valence-electron chi connectivity index (χ2n) is 12.8. The number of carbonyl (C=O) groups excluding carboxylic acids is 1. The molecule has 1 amide bonds. The summed E-state index contributed by atoms with van der Waals surface area (Å²) in [4.78, 5) is 39.6. The van der Waals surface area contributed by atoms with Crippen LogP contribution in [0.5, 0.6) is 0 Å². The molecular weight excluding hydrogens is 593 g/mol. The van der Waals surface area contributed by atoms with Crippen LogP contribution in [0.2, 0.25) is 5.02 Å². The number of amides is 1. The Morgan fingerprint density at radius 3 is 2.62 bits per heavy atom. The number of nitrogens with zero attached hydrogens (tertiary/aromatic N) is 7. The molecule has 4 aliphatic rings. The van der Waals surface area contributed by atoms with E-state index in [0.29, 0.717) is 30.4 Å². The molecule has 1 saturated carbocycles. The molecule has 1 spiro atoms. The Hall–Kier alpha value is -3.94. The molecular formula is C34H37ClFN7O2. The quantitative estimate of drug-likeness (QED) is 0.368. The fourth-order valence-electron chi connectivity index (χ4n) is 7.99. The van der Waals surface area contributed by atoms with E-state index in [1.807, 2.05) is 21.6 Å². The van der Waals surface area contributed by atoms with Crippen LogP contribution < -0.4 is 15.5 Å². The van der Waals surface area contributed by atoms with Gasteiger partial charge in [0.05, 0.1) is 34.8 Å². The van der Waals surface area contributed by atoms with Crippen LogP contribution >= 0.6 is 11.6 Å². The predicted molar refractivity (Wildman–Crippen MR) is 173 cm³/mol.